The third kappa shape index (κ3) is 2.52. The molecule has 3 heteroatoms. The molecule has 70 valence electrons. The zero-order valence-electron chi connectivity index (χ0n) is 7.56. The van der Waals surface area contributed by atoms with E-state index in [-0.39, 0.29) is 0 Å². The van der Waals surface area contributed by atoms with Crippen molar-refractivity contribution in [1.29, 1.82) is 0 Å². The molecule has 2 nitrogen and oxygen atoms in total. The Bertz CT molecular complexity index is 183. The van der Waals surface area contributed by atoms with Gasteiger partial charge >= 0.3 is 5.97 Å². The topological polar surface area (TPSA) is 37.3 Å². The molecule has 0 fully saturated rings. The maximum absolute atomic E-state index is 10.9. The standard InChI is InChI=1S/C9H15ClO2/c1-4-9(5-2,8(11)12)6-7(3)10/h3-6H2,1-2H3,(H,11,12). The summed E-state index contributed by atoms with van der Waals surface area (Å²) in [6.07, 6.45) is 1.53. The van der Waals surface area contributed by atoms with Gasteiger partial charge in [0.25, 0.3) is 0 Å². The summed E-state index contributed by atoms with van der Waals surface area (Å²) in [5, 5.41) is 9.39. The second-order valence-electron chi connectivity index (χ2n) is 2.99. The Kier molecular flexibility index (Phi) is 4.32. The molecule has 0 heterocycles. The summed E-state index contributed by atoms with van der Waals surface area (Å²) in [4.78, 5) is 10.9. The van der Waals surface area contributed by atoms with Crippen LogP contribution >= 0.6 is 11.6 Å². The maximum Gasteiger partial charge on any atom is 0.309 e. The number of allylic oxidation sites excluding steroid dienone is 1. The van der Waals surface area contributed by atoms with Crippen LogP contribution in [0, 0.1) is 5.41 Å². The predicted molar refractivity (Wildman–Crippen MR) is 50.3 cm³/mol. The number of carboxylic acid groups (broad SMARTS) is 1. The number of halogens is 1. The number of rotatable bonds is 5. The summed E-state index contributed by atoms with van der Waals surface area (Å²) < 4.78 is 0. The summed E-state index contributed by atoms with van der Waals surface area (Å²) in [7, 11) is 0. The number of hydrogen-bond acceptors (Lipinski definition) is 1. The smallest absolute Gasteiger partial charge is 0.309 e. The van der Waals surface area contributed by atoms with E-state index in [0.29, 0.717) is 24.3 Å². The SMILES string of the molecule is C=C(Cl)CC(CC)(CC)C(=O)O. The van der Waals surface area contributed by atoms with Crippen LogP contribution in [0.25, 0.3) is 0 Å². The fourth-order valence-corrected chi connectivity index (χ4v) is 1.50. The zero-order chi connectivity index (χ0) is 9.78. The van der Waals surface area contributed by atoms with Crippen LogP contribution in [-0.4, -0.2) is 11.1 Å². The third-order valence-electron chi connectivity index (χ3n) is 2.34. The summed E-state index contributed by atoms with van der Waals surface area (Å²) in [6, 6.07) is 0. The van der Waals surface area contributed by atoms with Gasteiger partial charge in [0.1, 0.15) is 0 Å². The maximum atomic E-state index is 10.9. The number of hydrogen-bond donors (Lipinski definition) is 1. The van der Waals surface area contributed by atoms with Gasteiger partial charge in [0, 0.05) is 5.03 Å². The number of carbonyl (C=O) groups is 1. The van der Waals surface area contributed by atoms with E-state index >= 15 is 0 Å². The lowest BCUT2D eigenvalue weighted by atomic mass is 9.79. The van der Waals surface area contributed by atoms with Crippen molar-refractivity contribution < 1.29 is 9.90 Å². The Balaban J connectivity index is 4.58. The minimum absolute atomic E-state index is 0.358. The molecule has 0 saturated carbocycles. The second kappa shape index (κ2) is 4.51. The highest BCUT2D eigenvalue weighted by Gasteiger charge is 2.34. The minimum Gasteiger partial charge on any atom is -0.481 e. The highest BCUT2D eigenvalue weighted by Crippen LogP contribution is 2.34. The lowest BCUT2D eigenvalue weighted by molar-refractivity contribution is -0.149. The molecule has 0 aromatic rings. The molecular formula is C9H15ClO2. The Morgan fingerprint density at radius 3 is 2.00 bits per heavy atom. The van der Waals surface area contributed by atoms with Gasteiger partial charge < -0.3 is 5.11 Å². The minimum atomic E-state index is -0.783. The largest absolute Gasteiger partial charge is 0.481 e. The fraction of sp³-hybridized carbons (Fsp3) is 0.667. The van der Waals surface area contributed by atoms with Gasteiger partial charge in [-0.2, -0.15) is 0 Å². The van der Waals surface area contributed by atoms with Gasteiger partial charge in [0.05, 0.1) is 5.41 Å². The third-order valence-corrected chi connectivity index (χ3v) is 2.47. The van der Waals surface area contributed by atoms with Gasteiger partial charge in [-0.3, -0.25) is 4.79 Å². The first-order valence-electron chi connectivity index (χ1n) is 4.05. The van der Waals surface area contributed by atoms with Crippen molar-refractivity contribution in [1.82, 2.24) is 0 Å². The first kappa shape index (κ1) is 11.5. The van der Waals surface area contributed by atoms with Crippen molar-refractivity contribution in [3.05, 3.63) is 11.6 Å². The van der Waals surface area contributed by atoms with Crippen LogP contribution in [0.2, 0.25) is 0 Å². The lowest BCUT2D eigenvalue weighted by Gasteiger charge is -2.25. The van der Waals surface area contributed by atoms with Crippen LogP contribution in [0.5, 0.6) is 0 Å². The van der Waals surface area contributed by atoms with Gasteiger partial charge in [-0.1, -0.05) is 32.0 Å². The molecule has 0 amide bonds. The van der Waals surface area contributed by atoms with Gasteiger partial charge in [-0.25, -0.2) is 0 Å². The quantitative estimate of drug-likeness (QED) is 0.724. The molecule has 0 atom stereocenters. The van der Waals surface area contributed by atoms with Crippen molar-refractivity contribution in [2.75, 3.05) is 0 Å². The van der Waals surface area contributed by atoms with Crippen molar-refractivity contribution >= 4 is 17.6 Å². The second-order valence-corrected chi connectivity index (χ2v) is 3.52. The van der Waals surface area contributed by atoms with Crippen molar-refractivity contribution in [2.24, 2.45) is 5.41 Å². The van der Waals surface area contributed by atoms with Crippen LogP contribution in [0.4, 0.5) is 0 Å². The molecule has 0 aliphatic rings. The van der Waals surface area contributed by atoms with E-state index in [9.17, 15) is 4.79 Å². The average Bonchev–Trinajstić information content (AvgIpc) is 1.99. The van der Waals surface area contributed by atoms with E-state index in [1.807, 2.05) is 13.8 Å². The highest BCUT2D eigenvalue weighted by atomic mass is 35.5. The van der Waals surface area contributed by atoms with Gasteiger partial charge in [-0.15, -0.1) is 0 Å². The van der Waals surface area contributed by atoms with Crippen LogP contribution in [-0.2, 0) is 4.79 Å². The summed E-state index contributed by atoms with van der Waals surface area (Å²) in [6.45, 7) is 7.24. The van der Waals surface area contributed by atoms with Crippen molar-refractivity contribution in [3.63, 3.8) is 0 Å². The van der Waals surface area contributed by atoms with Crippen LogP contribution in [0.3, 0.4) is 0 Å². The molecular weight excluding hydrogens is 176 g/mol. The van der Waals surface area contributed by atoms with Gasteiger partial charge in [0.15, 0.2) is 0 Å². The lowest BCUT2D eigenvalue weighted by Crippen LogP contribution is -2.29. The molecule has 0 radical (unpaired) electrons. The van der Waals surface area contributed by atoms with Gasteiger partial charge in [0.2, 0.25) is 0 Å². The van der Waals surface area contributed by atoms with E-state index < -0.39 is 11.4 Å². The molecule has 0 aromatic carbocycles. The summed E-state index contributed by atoms with van der Waals surface area (Å²) in [5.41, 5.74) is -0.709. The fourth-order valence-electron chi connectivity index (χ4n) is 1.25. The monoisotopic (exact) mass is 190 g/mol. The van der Waals surface area contributed by atoms with E-state index in [1.165, 1.54) is 0 Å². The summed E-state index contributed by atoms with van der Waals surface area (Å²) >= 11 is 5.61. The zero-order valence-corrected chi connectivity index (χ0v) is 8.32. The molecule has 0 spiro atoms. The van der Waals surface area contributed by atoms with E-state index in [4.69, 9.17) is 16.7 Å². The van der Waals surface area contributed by atoms with Crippen LogP contribution < -0.4 is 0 Å². The highest BCUT2D eigenvalue weighted by molar-refractivity contribution is 6.29. The molecule has 0 saturated heterocycles. The molecule has 0 bridgehead atoms. The van der Waals surface area contributed by atoms with Gasteiger partial charge in [-0.05, 0) is 19.3 Å². The average molecular weight is 191 g/mol. The van der Waals surface area contributed by atoms with E-state index in [2.05, 4.69) is 6.58 Å². The Morgan fingerprint density at radius 2 is 1.92 bits per heavy atom. The molecule has 0 aliphatic carbocycles. The molecule has 0 unspecified atom stereocenters. The molecule has 0 rings (SSSR count). The first-order chi connectivity index (χ1) is 5.48. The Labute approximate surface area is 78.2 Å². The van der Waals surface area contributed by atoms with E-state index in [1.54, 1.807) is 0 Å². The normalized spacial score (nSPS) is 11.2. The molecule has 0 aromatic heterocycles. The van der Waals surface area contributed by atoms with E-state index in [0.717, 1.165) is 0 Å². The molecule has 0 aliphatic heterocycles. The summed E-state index contributed by atoms with van der Waals surface area (Å²) in [5.74, 6) is -0.783. The first-order valence-corrected chi connectivity index (χ1v) is 4.43. The molecule has 12 heavy (non-hydrogen) atoms. The van der Waals surface area contributed by atoms with Crippen molar-refractivity contribution in [3.8, 4) is 0 Å². The number of carboxylic acids is 1. The van der Waals surface area contributed by atoms with Crippen LogP contribution in [0.15, 0.2) is 11.6 Å². The Hall–Kier alpha value is -0.500. The molecule has 1 N–H and O–H groups in total. The van der Waals surface area contributed by atoms with Crippen LogP contribution in [0.1, 0.15) is 33.1 Å². The Morgan fingerprint density at radius 1 is 1.50 bits per heavy atom. The predicted octanol–water partition coefficient (Wildman–Crippen LogP) is 3.02. The number of aliphatic carboxylic acids is 1. The van der Waals surface area contributed by atoms with Crippen molar-refractivity contribution in [2.45, 2.75) is 33.1 Å².